The molecule has 4 fully saturated rings. The third-order valence-electron chi connectivity index (χ3n) is 25.6. The fourth-order valence-corrected chi connectivity index (χ4v) is 20.1. The zero-order chi connectivity index (χ0) is 108. The number of carbonyl (C=O) groups excluding carboxylic acids is 16. The molecule has 5 aromatic carbocycles. The van der Waals surface area contributed by atoms with Crippen molar-refractivity contribution >= 4 is 167 Å². The largest absolute Gasteiger partial charge is 0.481 e. The molecule has 5 aromatic rings. The highest BCUT2D eigenvalue weighted by Crippen LogP contribution is 2.34. The monoisotopic (exact) mass is 2080 g/mol. The molecule has 798 valence electrons. The zero-order valence-electron chi connectivity index (χ0n) is 82.6. The van der Waals surface area contributed by atoms with Gasteiger partial charge in [0.1, 0.15) is 78.0 Å². The Labute approximate surface area is 855 Å². The minimum Gasteiger partial charge on any atom is -0.481 e. The highest BCUT2D eigenvalue weighted by atomic mass is 33.1. The van der Waals surface area contributed by atoms with Crippen molar-refractivity contribution in [3.63, 3.8) is 0 Å². The summed E-state index contributed by atoms with van der Waals surface area (Å²) in [4.78, 5) is 306. The molecule has 47 nitrogen and oxygen atoms in total. The van der Waals surface area contributed by atoms with Crippen LogP contribution in [-0.4, -0.2) is 379 Å². The molecule has 4 aliphatic heterocycles. The van der Waals surface area contributed by atoms with Gasteiger partial charge in [-0.05, 0) is 102 Å². The Balaban J connectivity index is 1.15. The second-order valence-electron chi connectivity index (χ2n) is 38.5. The Morgan fingerprint density at radius 2 is 0.966 bits per heavy atom. The second kappa shape index (κ2) is 55.5. The standard InChI is InChI=1S/C98H132N20O27S2/c1-56(101-57(2)120)85(134)109-74(53-119)93(142)107-72(47-80(125)126)91(140)110-75-54-146-147-55-76(95(144)118-29-15-28-98(118,6)96(145)112-69(41-58-16-8-7-9-17-58)88(137)102-66(84(100)133)46-79(123)124)111-90(139)71(45-77(99)121)106-87(136)68(43-60-24-25-61-18-10-11-20-63(61)40-60)103-86(135)67(104-92(141)73(48-97(3,4)5)108-89(138)70(105-94(75)143)44-64-22-14-21-62-19-12-13-23-65(62)64)42-59-26-30-117(31-27-59)78(122)49-113-32-34-114(50-81(127)128)36-38-116(52-83(131)132)39-37-115(35-33-113)51-82(129)130/h7-14,16-25,40,56,59,66-76,119H,15,26-39,41-55H2,1-6H3,(H2,99,121)(H2,100,133)(H,101,120)(H,102,137)(H,103,135)(H,104,141)(H,105,143)(H,106,136)(H,107,142)(H,108,138)(H,109,134)(H,110,140)(H,111,139)(H,112,145)(H,123,124)(H,125,126)(H,127,128)(H,129,130)(H,131,132)/t56-,66+,67+,68+,69+,70+,71+,72+,73+,74+,75+,76+,98+/m1/s1. The summed E-state index contributed by atoms with van der Waals surface area (Å²) in [6.45, 7) is 6.96. The lowest BCUT2D eigenvalue weighted by Gasteiger charge is -2.37. The third kappa shape index (κ3) is 36.9. The number of carboxylic acid groups (broad SMARTS) is 5. The Kier molecular flexibility index (Phi) is 44.0. The molecule has 0 aromatic heterocycles. The number of aliphatic hydroxyl groups is 1. The van der Waals surface area contributed by atoms with E-state index in [0.717, 1.165) is 17.2 Å². The van der Waals surface area contributed by atoms with E-state index in [1.807, 2.05) is 6.07 Å². The van der Waals surface area contributed by atoms with Gasteiger partial charge in [0.2, 0.25) is 94.5 Å². The number of carbonyl (C=O) groups is 21. The molecule has 4 aliphatic rings. The summed E-state index contributed by atoms with van der Waals surface area (Å²) >= 11 is 0. The van der Waals surface area contributed by atoms with Gasteiger partial charge < -0.3 is 116 Å². The van der Waals surface area contributed by atoms with E-state index in [1.54, 1.807) is 154 Å². The van der Waals surface area contributed by atoms with Crippen molar-refractivity contribution in [2.24, 2.45) is 22.8 Å². The number of piperidine rings is 1. The third-order valence-corrected chi connectivity index (χ3v) is 28.0. The Hall–Kier alpha value is -14.0. The molecule has 0 unspecified atom stereocenters. The van der Waals surface area contributed by atoms with Crippen molar-refractivity contribution in [3.05, 3.63) is 132 Å². The van der Waals surface area contributed by atoms with E-state index in [0.29, 0.717) is 54.4 Å². The Morgan fingerprint density at radius 3 is 1.54 bits per heavy atom. The number of nitrogens with zero attached hydrogens (tertiary/aromatic N) is 6. The molecule has 0 aliphatic carbocycles. The molecule has 49 heteroatoms. The number of likely N-dealkylation sites (tertiary alicyclic amines) is 2. The van der Waals surface area contributed by atoms with E-state index in [-0.39, 0.29) is 129 Å². The fourth-order valence-electron chi connectivity index (χ4n) is 17.8. The van der Waals surface area contributed by atoms with E-state index in [4.69, 9.17) is 11.5 Å². The van der Waals surface area contributed by atoms with Crippen molar-refractivity contribution < 1.29 is 131 Å². The van der Waals surface area contributed by atoms with Crippen LogP contribution in [0.5, 0.6) is 0 Å². The number of primary amides is 2. The van der Waals surface area contributed by atoms with Crippen molar-refractivity contribution in [1.82, 2.24) is 93.2 Å². The summed E-state index contributed by atoms with van der Waals surface area (Å²) < 4.78 is 0. The first-order chi connectivity index (χ1) is 69.6. The first-order valence-electron chi connectivity index (χ1n) is 48.2. The molecule has 13 atom stereocenters. The number of hydrogen-bond acceptors (Lipinski definition) is 28. The lowest BCUT2D eigenvalue weighted by molar-refractivity contribution is -0.147. The minimum atomic E-state index is -2.18. The lowest BCUT2D eigenvalue weighted by atomic mass is 9.86. The summed E-state index contributed by atoms with van der Waals surface area (Å²) in [6.07, 6.45) is -4.63. The van der Waals surface area contributed by atoms with Crippen LogP contribution in [0.3, 0.4) is 0 Å². The topological polar surface area (TPSA) is 696 Å². The van der Waals surface area contributed by atoms with Gasteiger partial charge in [0, 0.05) is 110 Å². The molecule has 9 rings (SSSR count). The number of rotatable bonds is 37. The summed E-state index contributed by atoms with van der Waals surface area (Å²) in [5, 5.41) is 93.3. The predicted octanol–water partition coefficient (Wildman–Crippen LogP) is -3.50. The summed E-state index contributed by atoms with van der Waals surface area (Å²) in [5.41, 5.74) is 9.85. The average molecular weight is 2090 g/mol. The van der Waals surface area contributed by atoms with Gasteiger partial charge in [-0.1, -0.05) is 158 Å². The molecule has 22 N–H and O–H groups in total. The van der Waals surface area contributed by atoms with Gasteiger partial charge in [0.15, 0.2) is 0 Å². The van der Waals surface area contributed by atoms with Crippen LogP contribution >= 0.6 is 21.6 Å². The molecule has 147 heavy (non-hydrogen) atoms. The van der Waals surface area contributed by atoms with Gasteiger partial charge in [-0.3, -0.25) is 120 Å². The van der Waals surface area contributed by atoms with Gasteiger partial charge >= 0.3 is 29.8 Å². The van der Waals surface area contributed by atoms with E-state index >= 15 is 43.2 Å². The number of nitrogens with one attached hydrogen (secondary N) is 12. The van der Waals surface area contributed by atoms with Crippen LogP contribution in [0.2, 0.25) is 0 Å². The Morgan fingerprint density at radius 1 is 0.476 bits per heavy atom. The molecule has 0 radical (unpaired) electrons. The summed E-state index contributed by atoms with van der Waals surface area (Å²) in [7, 11) is 1.39. The van der Waals surface area contributed by atoms with Crippen LogP contribution in [0.25, 0.3) is 21.5 Å². The van der Waals surface area contributed by atoms with Gasteiger partial charge in [-0.2, -0.15) is 0 Å². The number of fused-ring (bicyclic) bond motifs is 2. The molecule has 16 amide bonds. The van der Waals surface area contributed by atoms with Crippen molar-refractivity contribution in [2.45, 2.75) is 197 Å². The van der Waals surface area contributed by atoms with Crippen LogP contribution < -0.4 is 75.3 Å². The molecule has 4 saturated heterocycles. The van der Waals surface area contributed by atoms with Crippen molar-refractivity contribution in [3.8, 4) is 0 Å². The number of benzene rings is 5. The van der Waals surface area contributed by atoms with E-state index in [1.165, 1.54) is 13.8 Å². The number of hydrogen-bond donors (Lipinski definition) is 20. The van der Waals surface area contributed by atoms with Crippen LogP contribution in [0.15, 0.2) is 115 Å². The molecular formula is C98H132N20O27S2. The molecule has 0 bridgehead atoms. The first-order valence-corrected chi connectivity index (χ1v) is 50.7. The minimum absolute atomic E-state index is 0.0444. The average Bonchev–Trinajstić information content (AvgIpc) is 1.64. The smallest absolute Gasteiger partial charge is 0.317 e. The molecular weight excluding hydrogens is 1950 g/mol. The quantitative estimate of drug-likeness (QED) is 0.0172. The number of nitrogens with two attached hydrogens (primary N) is 2. The normalized spacial score (nSPS) is 21.8. The molecule has 0 saturated carbocycles. The van der Waals surface area contributed by atoms with Crippen LogP contribution in [0, 0.1) is 11.3 Å². The second-order valence-corrected chi connectivity index (χ2v) is 41.0. The number of amides is 16. The van der Waals surface area contributed by atoms with E-state index < -0.39 is 278 Å². The maximum absolute atomic E-state index is 16.1. The van der Waals surface area contributed by atoms with Gasteiger partial charge in [0.25, 0.3) is 0 Å². The highest BCUT2D eigenvalue weighted by Gasteiger charge is 2.50. The number of aliphatic carboxylic acids is 5. The van der Waals surface area contributed by atoms with E-state index in [9.17, 15) is 88.2 Å². The first kappa shape index (κ1) is 117. The van der Waals surface area contributed by atoms with Gasteiger partial charge in [-0.15, -0.1) is 0 Å². The fraction of sp³-hybridized carbons (Fsp3) is 0.520. The SMILES string of the molecule is CC(=O)N[C@H](C)C(=O)N[C@@H](CO)C(=O)N[C@@H](CC(=O)O)C(=O)N[C@H]1CSSC[C@@H](C(=O)N2CCC[C@@]2(C)C(=O)N[C@@H](Cc2ccccc2)C(=O)N[C@@H](CC(=O)O)C(N)=O)NC(=O)[C@H](CC(N)=O)NC(=O)[C@H](Cc2ccc3ccccc3c2)NC(=O)[C@H](CC2CCN(C(=O)CN3CCN(CC(=O)O)CCN(CC(=O)O)CCN(CC(=O)O)CC3)CC2)NC(=O)[C@H](CC(C)(C)C)NC(=O)[C@H](Cc2cccc3ccccc23)NC1=O. The molecule has 4 heterocycles. The van der Waals surface area contributed by atoms with Crippen LogP contribution in [0.1, 0.15) is 116 Å². The van der Waals surface area contributed by atoms with Crippen LogP contribution in [-0.2, 0) is 120 Å². The van der Waals surface area contributed by atoms with Crippen LogP contribution in [0.4, 0.5) is 0 Å². The Bertz CT molecular complexity index is 5580. The van der Waals surface area contributed by atoms with Crippen molar-refractivity contribution in [1.29, 1.82) is 0 Å². The number of carboxylic acids is 5. The highest BCUT2D eigenvalue weighted by molar-refractivity contribution is 8.76. The maximum atomic E-state index is 16.1. The lowest BCUT2D eigenvalue weighted by Crippen LogP contribution is -2.64. The maximum Gasteiger partial charge on any atom is 0.317 e. The van der Waals surface area contributed by atoms with E-state index in [2.05, 4.69) is 63.8 Å². The molecule has 0 spiro atoms. The predicted molar refractivity (Wildman–Crippen MR) is 535 cm³/mol. The van der Waals surface area contributed by atoms with Gasteiger partial charge in [-0.25, -0.2) is 0 Å². The van der Waals surface area contributed by atoms with Crippen molar-refractivity contribution in [2.75, 3.05) is 116 Å². The number of aliphatic hydroxyl groups excluding tert-OH is 1. The summed E-state index contributed by atoms with van der Waals surface area (Å²) in [5.74, 6) is -25.8. The zero-order valence-corrected chi connectivity index (χ0v) is 84.2. The summed E-state index contributed by atoms with van der Waals surface area (Å²) in [6, 6.07) is 10.7. The van der Waals surface area contributed by atoms with Gasteiger partial charge in [0.05, 0.1) is 52.0 Å².